The van der Waals surface area contributed by atoms with E-state index in [1.165, 1.54) is 7.05 Å². The number of benzene rings is 1. The van der Waals surface area contributed by atoms with Crippen LogP contribution < -0.4 is 0 Å². The quantitative estimate of drug-likeness (QED) is 0.596. The fourth-order valence-corrected chi connectivity index (χ4v) is 3.75. The standard InChI is InChI=1S/C18H26F4N2O3S/c1-17(2,3)12-24(13-18(20,21)22)16(25)6-5-11-23(4)28(26,27)15-9-7-14(19)8-10-15/h7-10H,5-6,11-13H2,1-4H3. The topological polar surface area (TPSA) is 57.7 Å². The van der Waals surface area contributed by atoms with Crippen molar-refractivity contribution < 1.29 is 30.8 Å². The molecule has 1 aromatic rings. The molecule has 0 saturated carbocycles. The lowest BCUT2D eigenvalue weighted by Gasteiger charge is -2.31. The molecule has 0 aliphatic rings. The van der Waals surface area contributed by atoms with Crippen LogP contribution in [0.2, 0.25) is 0 Å². The molecule has 1 rings (SSSR count). The molecule has 10 heteroatoms. The highest BCUT2D eigenvalue weighted by Crippen LogP contribution is 2.22. The number of carbonyl (C=O) groups excluding carboxylic acids is 1. The van der Waals surface area contributed by atoms with Crippen LogP contribution >= 0.6 is 0 Å². The van der Waals surface area contributed by atoms with Crippen molar-refractivity contribution in [1.82, 2.24) is 9.21 Å². The van der Waals surface area contributed by atoms with Gasteiger partial charge in [-0.05, 0) is 36.1 Å². The normalized spacial score (nSPS) is 13.0. The van der Waals surface area contributed by atoms with Crippen molar-refractivity contribution in [1.29, 1.82) is 0 Å². The first kappa shape index (κ1) is 24.4. The summed E-state index contributed by atoms with van der Waals surface area (Å²) in [4.78, 5) is 12.9. The Morgan fingerprint density at radius 3 is 2.04 bits per heavy atom. The van der Waals surface area contributed by atoms with E-state index in [1.807, 2.05) is 0 Å². The summed E-state index contributed by atoms with van der Waals surface area (Å²) < 4.78 is 77.0. The maximum absolute atomic E-state index is 12.9. The number of carbonyl (C=O) groups is 1. The summed E-state index contributed by atoms with van der Waals surface area (Å²) in [6, 6.07) is 4.29. The molecule has 160 valence electrons. The fraction of sp³-hybridized carbons (Fsp3) is 0.611. The number of alkyl halides is 3. The van der Waals surface area contributed by atoms with Crippen LogP contribution in [0.5, 0.6) is 0 Å². The molecule has 0 fully saturated rings. The van der Waals surface area contributed by atoms with Crippen LogP contribution in [-0.2, 0) is 14.8 Å². The van der Waals surface area contributed by atoms with Crippen molar-refractivity contribution >= 4 is 15.9 Å². The fourth-order valence-electron chi connectivity index (χ4n) is 2.54. The van der Waals surface area contributed by atoms with Gasteiger partial charge < -0.3 is 4.90 Å². The van der Waals surface area contributed by atoms with Gasteiger partial charge in [-0.25, -0.2) is 17.1 Å². The lowest BCUT2D eigenvalue weighted by molar-refractivity contribution is -0.163. The van der Waals surface area contributed by atoms with E-state index >= 15 is 0 Å². The Kier molecular flexibility index (Phi) is 8.01. The molecule has 1 aromatic carbocycles. The van der Waals surface area contributed by atoms with Gasteiger partial charge in [0.25, 0.3) is 0 Å². The zero-order valence-corrected chi connectivity index (χ0v) is 17.2. The summed E-state index contributed by atoms with van der Waals surface area (Å²) in [6.07, 6.45) is -4.66. The highest BCUT2D eigenvalue weighted by molar-refractivity contribution is 7.89. The van der Waals surface area contributed by atoms with Crippen LogP contribution in [0.15, 0.2) is 29.2 Å². The molecule has 0 saturated heterocycles. The van der Waals surface area contributed by atoms with Crippen molar-refractivity contribution in [3.05, 3.63) is 30.1 Å². The number of rotatable bonds is 8. The minimum absolute atomic E-state index is 0.0547. The molecular formula is C18H26F4N2O3S. The second kappa shape index (κ2) is 9.21. The molecule has 0 spiro atoms. The first-order valence-electron chi connectivity index (χ1n) is 8.68. The lowest BCUT2D eigenvalue weighted by atomic mass is 9.96. The van der Waals surface area contributed by atoms with E-state index in [2.05, 4.69) is 0 Å². The van der Waals surface area contributed by atoms with E-state index in [0.29, 0.717) is 0 Å². The maximum atomic E-state index is 12.9. The smallest absolute Gasteiger partial charge is 0.333 e. The minimum Gasteiger partial charge on any atom is -0.333 e. The number of sulfonamides is 1. The van der Waals surface area contributed by atoms with E-state index in [1.54, 1.807) is 20.8 Å². The molecule has 0 atom stereocenters. The summed E-state index contributed by atoms with van der Waals surface area (Å²) in [6.45, 7) is 3.73. The zero-order chi connectivity index (χ0) is 21.8. The summed E-state index contributed by atoms with van der Waals surface area (Å²) in [5.74, 6) is -1.25. The molecule has 0 bridgehead atoms. The highest BCUT2D eigenvalue weighted by atomic mass is 32.2. The van der Waals surface area contributed by atoms with Crippen LogP contribution in [0.4, 0.5) is 17.6 Å². The maximum Gasteiger partial charge on any atom is 0.406 e. The van der Waals surface area contributed by atoms with Gasteiger partial charge in [-0.15, -0.1) is 0 Å². The lowest BCUT2D eigenvalue weighted by Crippen LogP contribution is -2.43. The average molecular weight is 426 g/mol. The largest absolute Gasteiger partial charge is 0.406 e. The third-order valence-corrected chi connectivity index (χ3v) is 5.64. The van der Waals surface area contributed by atoms with Gasteiger partial charge in [0, 0.05) is 26.6 Å². The monoisotopic (exact) mass is 426 g/mol. The van der Waals surface area contributed by atoms with Gasteiger partial charge in [0.2, 0.25) is 15.9 Å². The van der Waals surface area contributed by atoms with Gasteiger partial charge in [0.15, 0.2) is 0 Å². The molecule has 1 amide bonds. The van der Waals surface area contributed by atoms with E-state index in [4.69, 9.17) is 0 Å². The highest BCUT2D eigenvalue weighted by Gasteiger charge is 2.34. The summed E-state index contributed by atoms with van der Waals surface area (Å²) >= 11 is 0. The number of amides is 1. The van der Waals surface area contributed by atoms with Gasteiger partial charge in [-0.3, -0.25) is 4.79 Å². The van der Waals surface area contributed by atoms with Gasteiger partial charge in [0.05, 0.1) is 4.90 Å². The Labute approximate surface area is 163 Å². The van der Waals surface area contributed by atoms with Gasteiger partial charge >= 0.3 is 6.18 Å². The molecule has 0 heterocycles. The third-order valence-electron chi connectivity index (χ3n) is 3.77. The Bertz CT molecular complexity index is 741. The van der Waals surface area contributed by atoms with Crippen LogP contribution in [0, 0.1) is 11.2 Å². The SMILES string of the molecule is CN(CCCC(=O)N(CC(C)(C)C)CC(F)(F)F)S(=O)(=O)c1ccc(F)cc1. The molecule has 5 nitrogen and oxygen atoms in total. The Hall–Kier alpha value is -1.68. The third kappa shape index (κ3) is 8.14. The molecule has 0 aromatic heterocycles. The molecule has 0 N–H and O–H groups in total. The zero-order valence-electron chi connectivity index (χ0n) is 16.4. The van der Waals surface area contributed by atoms with Gasteiger partial charge in [0.1, 0.15) is 12.4 Å². The van der Waals surface area contributed by atoms with Crippen molar-refractivity contribution in [2.75, 3.05) is 26.7 Å². The van der Waals surface area contributed by atoms with Crippen molar-refractivity contribution in [2.45, 2.75) is 44.7 Å². The first-order valence-corrected chi connectivity index (χ1v) is 10.1. The average Bonchev–Trinajstić information content (AvgIpc) is 2.51. The Morgan fingerprint density at radius 1 is 1.04 bits per heavy atom. The van der Waals surface area contributed by atoms with Crippen molar-refractivity contribution in [3.63, 3.8) is 0 Å². The number of nitrogens with zero attached hydrogens (tertiary/aromatic N) is 2. The summed E-state index contributed by atoms with van der Waals surface area (Å²) in [7, 11) is -2.57. The molecule has 28 heavy (non-hydrogen) atoms. The summed E-state index contributed by atoms with van der Waals surface area (Å²) in [5.41, 5.74) is -0.510. The van der Waals surface area contributed by atoms with E-state index in [0.717, 1.165) is 33.5 Å². The number of hydrogen-bond donors (Lipinski definition) is 0. The van der Waals surface area contributed by atoms with E-state index in [9.17, 15) is 30.8 Å². The molecular weight excluding hydrogens is 400 g/mol. The second-order valence-electron chi connectivity index (χ2n) is 7.81. The van der Waals surface area contributed by atoms with Crippen LogP contribution in [0.1, 0.15) is 33.6 Å². The molecule has 0 aliphatic heterocycles. The first-order chi connectivity index (χ1) is 12.6. The molecule has 0 unspecified atom stereocenters. The van der Waals surface area contributed by atoms with Crippen LogP contribution in [0.25, 0.3) is 0 Å². The predicted octanol–water partition coefficient (Wildman–Crippen LogP) is 3.66. The second-order valence-corrected chi connectivity index (χ2v) is 9.85. The molecule has 0 radical (unpaired) electrons. The van der Waals surface area contributed by atoms with Crippen molar-refractivity contribution in [2.24, 2.45) is 5.41 Å². The van der Waals surface area contributed by atoms with Gasteiger partial charge in [-0.1, -0.05) is 20.8 Å². The molecule has 0 aliphatic carbocycles. The van der Waals surface area contributed by atoms with Crippen LogP contribution in [0.3, 0.4) is 0 Å². The summed E-state index contributed by atoms with van der Waals surface area (Å²) in [5, 5.41) is 0. The predicted molar refractivity (Wildman–Crippen MR) is 97.5 cm³/mol. The number of hydrogen-bond acceptors (Lipinski definition) is 3. The van der Waals surface area contributed by atoms with Gasteiger partial charge in [-0.2, -0.15) is 13.2 Å². The van der Waals surface area contributed by atoms with E-state index < -0.39 is 39.9 Å². The minimum atomic E-state index is -4.51. The van der Waals surface area contributed by atoms with E-state index in [-0.39, 0.29) is 30.8 Å². The Balaban J connectivity index is 2.70. The van der Waals surface area contributed by atoms with Crippen LogP contribution in [-0.4, -0.2) is 56.4 Å². The number of halogens is 4. The Morgan fingerprint density at radius 2 is 1.57 bits per heavy atom. The van der Waals surface area contributed by atoms with Crippen molar-refractivity contribution in [3.8, 4) is 0 Å².